The first-order valence-electron chi connectivity index (χ1n) is 5.60. The molecule has 0 bridgehead atoms. The van der Waals surface area contributed by atoms with E-state index < -0.39 is 0 Å². The quantitative estimate of drug-likeness (QED) is 0.846. The van der Waals surface area contributed by atoms with Crippen LogP contribution in [0.5, 0.6) is 0 Å². The lowest BCUT2D eigenvalue weighted by Gasteiger charge is -2.24. The second kappa shape index (κ2) is 6.50. The number of nitrogens with two attached hydrogens (primary N) is 1. The summed E-state index contributed by atoms with van der Waals surface area (Å²) >= 11 is 0. The van der Waals surface area contributed by atoms with Crippen molar-refractivity contribution in [3.05, 3.63) is 29.3 Å². The average molecular weight is 257 g/mol. The molecule has 0 spiro atoms. The van der Waals surface area contributed by atoms with Gasteiger partial charge in [-0.05, 0) is 38.0 Å². The summed E-state index contributed by atoms with van der Waals surface area (Å²) in [6.45, 7) is 6.04. The molecule has 0 saturated heterocycles. The fourth-order valence-electron chi connectivity index (χ4n) is 1.53. The third-order valence-corrected chi connectivity index (χ3v) is 3.06. The van der Waals surface area contributed by atoms with Crippen LogP contribution in [-0.4, -0.2) is 23.9 Å². The maximum atomic E-state index is 12.2. The van der Waals surface area contributed by atoms with Crippen molar-refractivity contribution in [2.75, 3.05) is 12.8 Å². The largest absolute Gasteiger partial charge is 0.399 e. The number of amides is 1. The standard InChI is InChI=1S/C13H20N2O.ClH/c1-5-10(3)15(4)13(16)12-8-11(14)7-6-9(12)2;/h6-8,10H,5,14H2,1-4H3;1H. The summed E-state index contributed by atoms with van der Waals surface area (Å²) in [6, 6.07) is 5.69. The van der Waals surface area contributed by atoms with Crippen molar-refractivity contribution in [3.63, 3.8) is 0 Å². The number of nitrogens with zero attached hydrogens (tertiary/aromatic N) is 1. The van der Waals surface area contributed by atoms with Gasteiger partial charge in [-0.25, -0.2) is 0 Å². The average Bonchev–Trinajstić information content (AvgIpc) is 2.29. The molecular weight excluding hydrogens is 236 g/mol. The lowest BCUT2D eigenvalue weighted by atomic mass is 10.1. The summed E-state index contributed by atoms with van der Waals surface area (Å²) in [4.78, 5) is 14.0. The summed E-state index contributed by atoms with van der Waals surface area (Å²) in [6.07, 6.45) is 0.948. The number of aryl methyl sites for hydroxylation is 1. The van der Waals surface area contributed by atoms with Gasteiger partial charge in [0.15, 0.2) is 0 Å². The first-order chi connectivity index (χ1) is 7.47. The Morgan fingerprint density at radius 3 is 2.59 bits per heavy atom. The summed E-state index contributed by atoms with van der Waals surface area (Å²) in [5.41, 5.74) is 8.00. The van der Waals surface area contributed by atoms with Crippen molar-refractivity contribution in [2.24, 2.45) is 0 Å². The van der Waals surface area contributed by atoms with E-state index in [1.807, 2.05) is 33.0 Å². The van der Waals surface area contributed by atoms with E-state index in [9.17, 15) is 4.79 Å². The lowest BCUT2D eigenvalue weighted by Crippen LogP contribution is -2.35. The topological polar surface area (TPSA) is 46.3 Å². The molecule has 96 valence electrons. The van der Waals surface area contributed by atoms with Gasteiger partial charge in [-0.3, -0.25) is 4.79 Å². The molecule has 3 nitrogen and oxygen atoms in total. The number of carbonyl (C=O) groups excluding carboxylic acids is 1. The molecule has 1 amide bonds. The van der Waals surface area contributed by atoms with Gasteiger partial charge in [0.1, 0.15) is 0 Å². The second-order valence-corrected chi connectivity index (χ2v) is 4.25. The van der Waals surface area contributed by atoms with Crippen LogP contribution < -0.4 is 5.73 Å². The Labute approximate surface area is 109 Å². The van der Waals surface area contributed by atoms with Gasteiger partial charge in [0.05, 0.1) is 0 Å². The van der Waals surface area contributed by atoms with E-state index >= 15 is 0 Å². The Hall–Kier alpha value is -1.22. The number of nitrogen functional groups attached to an aromatic ring is 1. The Morgan fingerprint density at radius 2 is 2.06 bits per heavy atom. The number of hydrogen-bond donors (Lipinski definition) is 1. The van der Waals surface area contributed by atoms with E-state index in [0.717, 1.165) is 12.0 Å². The number of carbonyl (C=O) groups is 1. The van der Waals surface area contributed by atoms with Crippen LogP contribution in [0.4, 0.5) is 5.69 Å². The Bertz CT molecular complexity index is 393. The van der Waals surface area contributed by atoms with Gasteiger partial charge in [0.2, 0.25) is 0 Å². The molecule has 0 aliphatic rings. The van der Waals surface area contributed by atoms with Crippen LogP contribution in [0, 0.1) is 6.92 Å². The molecule has 1 unspecified atom stereocenters. The molecule has 17 heavy (non-hydrogen) atoms. The number of halogens is 1. The zero-order chi connectivity index (χ0) is 12.3. The first kappa shape index (κ1) is 15.8. The van der Waals surface area contributed by atoms with Crippen molar-refractivity contribution in [2.45, 2.75) is 33.2 Å². The normalized spacial score (nSPS) is 11.5. The van der Waals surface area contributed by atoms with Crippen LogP contribution in [0.2, 0.25) is 0 Å². The van der Waals surface area contributed by atoms with Crippen molar-refractivity contribution in [1.29, 1.82) is 0 Å². The zero-order valence-corrected chi connectivity index (χ0v) is 11.7. The van der Waals surface area contributed by atoms with Gasteiger partial charge in [0, 0.05) is 24.3 Å². The highest BCUT2D eigenvalue weighted by Crippen LogP contribution is 2.16. The van der Waals surface area contributed by atoms with Gasteiger partial charge in [-0.15, -0.1) is 12.4 Å². The highest BCUT2D eigenvalue weighted by molar-refractivity contribution is 5.96. The van der Waals surface area contributed by atoms with E-state index in [1.54, 1.807) is 11.0 Å². The highest BCUT2D eigenvalue weighted by atomic mass is 35.5. The van der Waals surface area contributed by atoms with E-state index in [-0.39, 0.29) is 24.4 Å². The number of benzene rings is 1. The van der Waals surface area contributed by atoms with Crippen LogP contribution in [0.1, 0.15) is 36.2 Å². The molecule has 1 aromatic carbocycles. The fourth-order valence-corrected chi connectivity index (χ4v) is 1.53. The second-order valence-electron chi connectivity index (χ2n) is 4.25. The van der Waals surface area contributed by atoms with Crippen molar-refractivity contribution in [1.82, 2.24) is 4.90 Å². The summed E-state index contributed by atoms with van der Waals surface area (Å²) in [5.74, 6) is 0.0409. The van der Waals surface area contributed by atoms with E-state index in [4.69, 9.17) is 5.73 Å². The van der Waals surface area contributed by atoms with Gasteiger partial charge in [0.25, 0.3) is 5.91 Å². The molecule has 4 heteroatoms. The zero-order valence-electron chi connectivity index (χ0n) is 10.9. The molecule has 0 fully saturated rings. The monoisotopic (exact) mass is 256 g/mol. The minimum atomic E-state index is 0. The van der Waals surface area contributed by atoms with Crippen LogP contribution in [0.3, 0.4) is 0 Å². The molecule has 0 heterocycles. The predicted molar refractivity (Wildman–Crippen MR) is 74.7 cm³/mol. The maximum absolute atomic E-state index is 12.2. The number of rotatable bonds is 3. The molecular formula is C13H21ClN2O. The molecule has 0 aromatic heterocycles. The fraction of sp³-hybridized carbons (Fsp3) is 0.462. The van der Waals surface area contributed by atoms with E-state index in [1.165, 1.54) is 0 Å². The first-order valence-corrected chi connectivity index (χ1v) is 5.60. The molecule has 2 N–H and O–H groups in total. The van der Waals surface area contributed by atoms with Gasteiger partial charge < -0.3 is 10.6 Å². The minimum Gasteiger partial charge on any atom is -0.399 e. The molecule has 1 atom stereocenters. The Morgan fingerprint density at radius 1 is 1.47 bits per heavy atom. The number of anilines is 1. The van der Waals surface area contributed by atoms with Crippen molar-refractivity contribution in [3.8, 4) is 0 Å². The third kappa shape index (κ3) is 3.63. The van der Waals surface area contributed by atoms with Crippen molar-refractivity contribution >= 4 is 24.0 Å². The number of hydrogen-bond acceptors (Lipinski definition) is 2. The van der Waals surface area contributed by atoms with Crippen LogP contribution in [0.15, 0.2) is 18.2 Å². The Kier molecular flexibility index (Phi) is 6.03. The summed E-state index contributed by atoms with van der Waals surface area (Å²) < 4.78 is 0. The van der Waals surface area contributed by atoms with Gasteiger partial charge in [-0.1, -0.05) is 13.0 Å². The van der Waals surface area contributed by atoms with Crippen LogP contribution >= 0.6 is 12.4 Å². The minimum absolute atomic E-state index is 0. The molecule has 0 saturated carbocycles. The molecule has 1 rings (SSSR count). The van der Waals surface area contributed by atoms with Gasteiger partial charge in [-0.2, -0.15) is 0 Å². The third-order valence-electron chi connectivity index (χ3n) is 3.06. The van der Waals surface area contributed by atoms with Gasteiger partial charge >= 0.3 is 0 Å². The van der Waals surface area contributed by atoms with E-state index in [0.29, 0.717) is 11.3 Å². The smallest absolute Gasteiger partial charge is 0.254 e. The highest BCUT2D eigenvalue weighted by Gasteiger charge is 2.17. The van der Waals surface area contributed by atoms with Crippen molar-refractivity contribution < 1.29 is 4.79 Å². The lowest BCUT2D eigenvalue weighted by molar-refractivity contribution is 0.0740. The summed E-state index contributed by atoms with van der Waals surface area (Å²) in [5, 5.41) is 0. The predicted octanol–water partition coefficient (Wildman–Crippen LogP) is 2.87. The summed E-state index contributed by atoms with van der Waals surface area (Å²) in [7, 11) is 1.83. The molecule has 1 aromatic rings. The molecule has 0 aliphatic heterocycles. The maximum Gasteiger partial charge on any atom is 0.254 e. The molecule has 0 radical (unpaired) electrons. The SMILES string of the molecule is CCC(C)N(C)C(=O)c1cc(N)ccc1C.Cl. The Balaban J connectivity index is 0.00000256. The van der Waals surface area contributed by atoms with Crippen LogP contribution in [0.25, 0.3) is 0 Å². The van der Waals surface area contributed by atoms with E-state index in [2.05, 4.69) is 6.92 Å². The van der Waals surface area contributed by atoms with Crippen LogP contribution in [-0.2, 0) is 0 Å². The molecule has 0 aliphatic carbocycles.